The second-order valence-corrected chi connectivity index (χ2v) is 9.70. The average Bonchev–Trinajstić information content (AvgIpc) is 3.12. The van der Waals surface area contributed by atoms with Crippen LogP contribution in [0.3, 0.4) is 0 Å². The zero-order valence-electron chi connectivity index (χ0n) is 14.8. The normalized spacial score (nSPS) is 11.6. The summed E-state index contributed by atoms with van der Waals surface area (Å²) in [5.41, 5.74) is 1.60. The molecule has 0 aliphatic heterocycles. The summed E-state index contributed by atoms with van der Waals surface area (Å²) in [6.07, 6.45) is 0. The van der Waals surface area contributed by atoms with E-state index in [0.29, 0.717) is 15.8 Å². The maximum absolute atomic E-state index is 12.4. The smallest absolute Gasteiger partial charge is 0.259 e. The zero-order chi connectivity index (χ0) is 20.5. The topological polar surface area (TPSA) is 79.4 Å². The van der Waals surface area contributed by atoms with Gasteiger partial charge in [0, 0.05) is 25.0 Å². The molecule has 1 amide bonds. The van der Waals surface area contributed by atoms with Gasteiger partial charge in [0.1, 0.15) is 0 Å². The maximum atomic E-state index is 12.4. The summed E-state index contributed by atoms with van der Waals surface area (Å²) in [7, 11) is -0.536. The Morgan fingerprint density at radius 2 is 1.79 bits per heavy atom. The number of sulfonamides is 1. The molecular formula is C18H15Cl2N3O3S2. The van der Waals surface area contributed by atoms with Gasteiger partial charge in [-0.3, -0.25) is 10.1 Å². The molecule has 146 valence electrons. The van der Waals surface area contributed by atoms with Crippen LogP contribution in [0.25, 0.3) is 11.3 Å². The van der Waals surface area contributed by atoms with Crippen molar-refractivity contribution in [2.24, 2.45) is 0 Å². The molecular weight excluding hydrogens is 441 g/mol. The van der Waals surface area contributed by atoms with Crippen molar-refractivity contribution < 1.29 is 13.2 Å². The van der Waals surface area contributed by atoms with E-state index in [4.69, 9.17) is 23.2 Å². The summed E-state index contributed by atoms with van der Waals surface area (Å²) in [6, 6.07) is 11.2. The van der Waals surface area contributed by atoms with E-state index in [2.05, 4.69) is 10.3 Å². The summed E-state index contributed by atoms with van der Waals surface area (Å²) >= 11 is 13.3. The molecule has 0 saturated carbocycles. The number of hydrogen-bond acceptors (Lipinski definition) is 5. The molecule has 0 radical (unpaired) electrons. The Kier molecular flexibility index (Phi) is 6.07. The van der Waals surface area contributed by atoms with E-state index in [9.17, 15) is 13.2 Å². The summed E-state index contributed by atoms with van der Waals surface area (Å²) in [6.45, 7) is 0. The Labute approximate surface area is 176 Å². The molecule has 0 spiro atoms. The van der Waals surface area contributed by atoms with Crippen LogP contribution in [0.2, 0.25) is 10.0 Å². The Bertz CT molecular complexity index is 1130. The Balaban J connectivity index is 1.79. The van der Waals surface area contributed by atoms with Gasteiger partial charge in [0.25, 0.3) is 5.91 Å². The number of rotatable bonds is 5. The monoisotopic (exact) mass is 455 g/mol. The third-order valence-electron chi connectivity index (χ3n) is 3.85. The second kappa shape index (κ2) is 8.18. The minimum absolute atomic E-state index is 0.177. The number of hydrogen-bond donors (Lipinski definition) is 1. The Hall–Kier alpha value is -1.97. The predicted octanol–water partition coefficient (Wildman–Crippen LogP) is 4.62. The number of nitrogens with one attached hydrogen (secondary N) is 1. The highest BCUT2D eigenvalue weighted by Gasteiger charge is 2.18. The van der Waals surface area contributed by atoms with Crippen LogP contribution in [0.15, 0.2) is 52.7 Å². The molecule has 0 bridgehead atoms. The van der Waals surface area contributed by atoms with Crippen molar-refractivity contribution in [3.8, 4) is 11.3 Å². The van der Waals surface area contributed by atoms with E-state index in [1.165, 1.54) is 37.6 Å². The van der Waals surface area contributed by atoms with Crippen LogP contribution in [-0.4, -0.2) is 37.7 Å². The minimum atomic E-state index is -3.49. The first kappa shape index (κ1) is 20.8. The quantitative estimate of drug-likeness (QED) is 0.608. The lowest BCUT2D eigenvalue weighted by Crippen LogP contribution is -2.22. The lowest BCUT2D eigenvalue weighted by atomic mass is 10.2. The van der Waals surface area contributed by atoms with Crippen LogP contribution in [0, 0.1) is 0 Å². The molecule has 6 nitrogen and oxygen atoms in total. The molecule has 0 unspecified atom stereocenters. The summed E-state index contributed by atoms with van der Waals surface area (Å²) in [4.78, 5) is 17.0. The van der Waals surface area contributed by atoms with Crippen LogP contribution >= 0.6 is 34.5 Å². The van der Waals surface area contributed by atoms with E-state index in [-0.39, 0.29) is 15.5 Å². The predicted molar refractivity (Wildman–Crippen MR) is 113 cm³/mol. The highest BCUT2D eigenvalue weighted by Crippen LogP contribution is 2.29. The van der Waals surface area contributed by atoms with Crippen molar-refractivity contribution in [3.63, 3.8) is 0 Å². The molecule has 0 atom stereocenters. The molecule has 1 heterocycles. The van der Waals surface area contributed by atoms with E-state index < -0.39 is 15.9 Å². The number of anilines is 1. The van der Waals surface area contributed by atoms with Gasteiger partial charge < -0.3 is 0 Å². The van der Waals surface area contributed by atoms with Crippen LogP contribution in [-0.2, 0) is 10.0 Å². The molecule has 10 heteroatoms. The third kappa shape index (κ3) is 4.21. The van der Waals surface area contributed by atoms with E-state index in [0.717, 1.165) is 9.87 Å². The molecule has 3 aromatic rings. The Morgan fingerprint density at radius 3 is 2.43 bits per heavy atom. The number of nitrogens with zero attached hydrogens (tertiary/aromatic N) is 2. The first-order valence-electron chi connectivity index (χ1n) is 7.94. The first-order valence-corrected chi connectivity index (χ1v) is 11.0. The lowest BCUT2D eigenvalue weighted by Gasteiger charge is -2.11. The molecule has 0 saturated heterocycles. The van der Waals surface area contributed by atoms with Crippen molar-refractivity contribution in [2.75, 3.05) is 19.4 Å². The third-order valence-corrected chi connectivity index (χ3v) is 7.26. The van der Waals surface area contributed by atoms with E-state index >= 15 is 0 Å². The van der Waals surface area contributed by atoms with Crippen molar-refractivity contribution in [3.05, 3.63) is 63.5 Å². The zero-order valence-corrected chi connectivity index (χ0v) is 18.0. The number of amides is 1. The van der Waals surface area contributed by atoms with Gasteiger partial charge in [-0.25, -0.2) is 17.7 Å². The fourth-order valence-electron chi connectivity index (χ4n) is 2.32. The van der Waals surface area contributed by atoms with Gasteiger partial charge in [-0.1, -0.05) is 41.4 Å². The molecule has 0 aliphatic rings. The Morgan fingerprint density at radius 1 is 1.11 bits per heavy atom. The minimum Gasteiger partial charge on any atom is -0.298 e. The molecule has 28 heavy (non-hydrogen) atoms. The summed E-state index contributed by atoms with van der Waals surface area (Å²) in [5, 5.41) is 5.32. The number of thiazole rings is 1. The fraction of sp³-hybridized carbons (Fsp3) is 0.111. The maximum Gasteiger partial charge on any atom is 0.259 e. The average molecular weight is 456 g/mol. The standard InChI is InChI=1S/C18H15Cl2N3O3S2/c1-23(2)28(25,26)12-8-6-11(7-9-12)15-10-27-18(21-15)22-17(24)13-4-3-5-14(19)16(13)20/h3-10H,1-2H3,(H,21,22,24). The van der Waals surface area contributed by atoms with Crippen molar-refractivity contribution in [1.82, 2.24) is 9.29 Å². The largest absolute Gasteiger partial charge is 0.298 e. The van der Waals surface area contributed by atoms with Gasteiger partial charge in [-0.2, -0.15) is 0 Å². The molecule has 3 rings (SSSR count). The number of carbonyl (C=O) groups excluding carboxylic acids is 1. The fourth-order valence-corrected chi connectivity index (χ4v) is 4.32. The number of aromatic nitrogens is 1. The molecule has 1 aromatic heterocycles. The molecule has 1 N–H and O–H groups in total. The van der Waals surface area contributed by atoms with Gasteiger partial charge in [0.2, 0.25) is 10.0 Å². The van der Waals surface area contributed by atoms with Crippen LogP contribution in [0.1, 0.15) is 10.4 Å². The molecule has 0 aliphatic carbocycles. The van der Waals surface area contributed by atoms with Gasteiger partial charge in [0.05, 0.1) is 26.2 Å². The number of halogens is 2. The lowest BCUT2D eigenvalue weighted by molar-refractivity contribution is 0.102. The van der Waals surface area contributed by atoms with Crippen LogP contribution in [0.5, 0.6) is 0 Å². The van der Waals surface area contributed by atoms with Crippen molar-refractivity contribution >= 4 is 55.6 Å². The molecule has 0 fully saturated rings. The first-order chi connectivity index (χ1) is 13.2. The van der Waals surface area contributed by atoms with Gasteiger partial charge >= 0.3 is 0 Å². The summed E-state index contributed by atoms with van der Waals surface area (Å²) in [5.74, 6) is -0.416. The number of benzene rings is 2. The highest BCUT2D eigenvalue weighted by atomic mass is 35.5. The van der Waals surface area contributed by atoms with Crippen molar-refractivity contribution in [1.29, 1.82) is 0 Å². The van der Waals surface area contributed by atoms with E-state index in [1.807, 2.05) is 0 Å². The van der Waals surface area contributed by atoms with Crippen molar-refractivity contribution in [2.45, 2.75) is 4.90 Å². The van der Waals surface area contributed by atoms with Gasteiger partial charge in [-0.05, 0) is 24.3 Å². The van der Waals surface area contributed by atoms with Crippen LogP contribution in [0.4, 0.5) is 5.13 Å². The van der Waals surface area contributed by atoms with Gasteiger partial charge in [-0.15, -0.1) is 11.3 Å². The highest BCUT2D eigenvalue weighted by molar-refractivity contribution is 7.89. The SMILES string of the molecule is CN(C)S(=O)(=O)c1ccc(-c2csc(NC(=O)c3cccc(Cl)c3Cl)n2)cc1. The molecule has 2 aromatic carbocycles. The number of carbonyl (C=O) groups is 1. The van der Waals surface area contributed by atoms with E-state index in [1.54, 1.807) is 35.7 Å². The second-order valence-electron chi connectivity index (χ2n) is 5.91. The van der Waals surface area contributed by atoms with Gasteiger partial charge in [0.15, 0.2) is 5.13 Å². The van der Waals surface area contributed by atoms with Crippen LogP contribution < -0.4 is 5.32 Å². The summed E-state index contributed by atoms with van der Waals surface area (Å²) < 4.78 is 25.4.